The van der Waals surface area contributed by atoms with Gasteiger partial charge in [0, 0.05) is 22.5 Å². The second kappa shape index (κ2) is 5.48. The zero-order valence-corrected chi connectivity index (χ0v) is 16.6. The van der Waals surface area contributed by atoms with Crippen LogP contribution in [0.2, 0.25) is 0 Å². The number of fused-ring (bicyclic) bond motifs is 2. The van der Waals surface area contributed by atoms with Crippen LogP contribution in [0.4, 0.5) is 0 Å². The van der Waals surface area contributed by atoms with Gasteiger partial charge in [-0.2, -0.15) is 0 Å². The summed E-state index contributed by atoms with van der Waals surface area (Å²) in [4.78, 5) is 13.7. The van der Waals surface area contributed by atoms with Crippen molar-refractivity contribution in [1.29, 1.82) is 0 Å². The van der Waals surface area contributed by atoms with E-state index < -0.39 is 5.60 Å². The van der Waals surface area contributed by atoms with Crippen molar-refractivity contribution in [1.82, 2.24) is 0 Å². The molecule has 1 aromatic carbocycles. The molecule has 4 aliphatic rings. The van der Waals surface area contributed by atoms with Crippen molar-refractivity contribution in [3.63, 3.8) is 0 Å². The van der Waals surface area contributed by atoms with E-state index in [4.69, 9.17) is 0 Å². The van der Waals surface area contributed by atoms with E-state index in [1.54, 1.807) is 0 Å². The molecular weight excluding hydrogens is 340 g/mol. The molecule has 0 saturated heterocycles. The van der Waals surface area contributed by atoms with Crippen molar-refractivity contribution >= 4 is 17.5 Å². The summed E-state index contributed by atoms with van der Waals surface area (Å²) < 4.78 is 0. The molecule has 1 N–H and O–H groups in total. The molecule has 0 aromatic heterocycles. The molecule has 3 heteroatoms. The molecule has 3 saturated carbocycles. The minimum Gasteiger partial charge on any atom is -0.384 e. The Labute approximate surface area is 160 Å². The highest BCUT2D eigenvalue weighted by molar-refractivity contribution is 8.00. The third-order valence-electron chi connectivity index (χ3n) is 7.95. The molecule has 0 amide bonds. The maximum atomic E-state index is 12.4. The van der Waals surface area contributed by atoms with E-state index in [2.05, 4.69) is 31.2 Å². The number of hydrogen-bond donors (Lipinski definition) is 1. The molecule has 0 bridgehead atoms. The molecule has 1 spiro atoms. The van der Waals surface area contributed by atoms with E-state index in [0.717, 1.165) is 24.0 Å². The number of hydrogen-bond acceptors (Lipinski definition) is 3. The van der Waals surface area contributed by atoms with Crippen LogP contribution >= 0.6 is 11.8 Å². The first-order valence-corrected chi connectivity index (χ1v) is 11.0. The maximum absolute atomic E-state index is 12.4. The summed E-state index contributed by atoms with van der Waals surface area (Å²) in [7, 11) is 0. The molecule has 138 valence electrons. The van der Waals surface area contributed by atoms with Crippen molar-refractivity contribution in [3.8, 4) is 0 Å². The normalized spacial score (nSPS) is 40.5. The second-order valence-corrected chi connectivity index (χ2v) is 10.5. The summed E-state index contributed by atoms with van der Waals surface area (Å²) in [5.74, 6) is 0.583. The van der Waals surface area contributed by atoms with Gasteiger partial charge in [-0.25, -0.2) is 0 Å². The van der Waals surface area contributed by atoms with Gasteiger partial charge in [0.1, 0.15) is 5.60 Å². The maximum Gasteiger partial charge on any atom is 0.158 e. The molecule has 2 nitrogen and oxygen atoms in total. The summed E-state index contributed by atoms with van der Waals surface area (Å²) in [5.41, 5.74) is 1.67. The van der Waals surface area contributed by atoms with Gasteiger partial charge in [-0.15, -0.1) is 11.8 Å². The van der Waals surface area contributed by atoms with Gasteiger partial charge in [-0.1, -0.05) is 25.1 Å². The van der Waals surface area contributed by atoms with Crippen LogP contribution < -0.4 is 0 Å². The number of benzene rings is 1. The number of carbonyl (C=O) groups is 1. The number of thioether (sulfide) groups is 1. The highest BCUT2D eigenvalue weighted by atomic mass is 32.2. The smallest absolute Gasteiger partial charge is 0.158 e. The Morgan fingerprint density at radius 3 is 2.46 bits per heavy atom. The molecule has 0 unspecified atom stereocenters. The van der Waals surface area contributed by atoms with Crippen LogP contribution in [-0.4, -0.2) is 21.7 Å². The standard InChI is InChI=1S/C23H28O2S/c1-15-17(9-6-10-18(15)24)23(25)19-21(2,11-12-22(19)13-14-22)20(23)26-16-7-4-3-5-8-16/h3-5,7-8,19-20,25H,6,9-14H2,1-2H3/t19-,20-,21-,23+/m1/s1. The van der Waals surface area contributed by atoms with Crippen LogP contribution in [0, 0.1) is 16.7 Å². The Bertz CT molecular complexity index is 794. The van der Waals surface area contributed by atoms with Gasteiger partial charge in [0.25, 0.3) is 0 Å². The second-order valence-electron chi connectivity index (χ2n) is 9.32. The van der Waals surface area contributed by atoms with Crippen molar-refractivity contribution in [3.05, 3.63) is 41.5 Å². The van der Waals surface area contributed by atoms with Gasteiger partial charge < -0.3 is 5.11 Å². The number of ketones is 1. The molecule has 0 radical (unpaired) electrons. The zero-order valence-electron chi connectivity index (χ0n) is 15.8. The average Bonchev–Trinajstić information content (AvgIpc) is 3.35. The molecule has 4 aliphatic carbocycles. The third-order valence-corrected chi connectivity index (χ3v) is 9.62. The number of rotatable bonds is 3. The summed E-state index contributed by atoms with van der Waals surface area (Å²) >= 11 is 1.84. The highest BCUT2D eigenvalue weighted by Crippen LogP contribution is 2.81. The van der Waals surface area contributed by atoms with Crippen molar-refractivity contribution in [2.24, 2.45) is 16.7 Å². The number of Topliss-reactive ketones (excluding diaryl/α,β-unsaturated/α-hetero) is 1. The fourth-order valence-corrected chi connectivity index (χ4v) is 8.24. The predicted octanol–water partition coefficient (Wildman–Crippen LogP) is 5.16. The fourth-order valence-electron chi connectivity index (χ4n) is 6.68. The van der Waals surface area contributed by atoms with Gasteiger partial charge in [0.05, 0.1) is 0 Å². The summed E-state index contributed by atoms with van der Waals surface area (Å²) in [6.07, 6.45) is 7.43. The lowest BCUT2D eigenvalue weighted by molar-refractivity contribution is -0.159. The Hall–Kier alpha value is -1.06. The van der Waals surface area contributed by atoms with E-state index in [0.29, 0.717) is 17.8 Å². The Balaban J connectivity index is 1.60. The zero-order chi connectivity index (χ0) is 18.2. The highest BCUT2D eigenvalue weighted by Gasteiger charge is 2.80. The lowest BCUT2D eigenvalue weighted by atomic mass is 9.47. The molecule has 0 aliphatic heterocycles. The molecule has 4 atom stereocenters. The van der Waals surface area contributed by atoms with Gasteiger partial charge in [0.2, 0.25) is 0 Å². The summed E-state index contributed by atoms with van der Waals surface area (Å²) in [5, 5.41) is 12.4. The summed E-state index contributed by atoms with van der Waals surface area (Å²) in [6.45, 7) is 4.36. The minimum absolute atomic E-state index is 0.151. The quantitative estimate of drug-likeness (QED) is 0.801. The Morgan fingerprint density at radius 1 is 1.08 bits per heavy atom. The van der Waals surface area contributed by atoms with Crippen molar-refractivity contribution in [2.75, 3.05) is 0 Å². The van der Waals surface area contributed by atoms with Gasteiger partial charge >= 0.3 is 0 Å². The minimum atomic E-state index is -0.803. The molecule has 0 heterocycles. The predicted molar refractivity (Wildman–Crippen MR) is 105 cm³/mol. The first kappa shape index (κ1) is 17.1. The van der Waals surface area contributed by atoms with Gasteiger partial charge in [-0.05, 0) is 79.6 Å². The first-order chi connectivity index (χ1) is 12.4. The van der Waals surface area contributed by atoms with E-state index in [9.17, 15) is 9.90 Å². The Kier molecular flexibility index (Phi) is 3.60. The Morgan fingerprint density at radius 2 is 1.77 bits per heavy atom. The molecule has 1 aromatic rings. The SMILES string of the molecule is CC1=C([C@@]2(O)[C@H](Sc3ccccc3)[C@]3(C)CCC4(CC4)[C@@H]32)CCCC1=O. The van der Waals surface area contributed by atoms with E-state index >= 15 is 0 Å². The first-order valence-electron chi connectivity index (χ1n) is 10.1. The van der Waals surface area contributed by atoms with Gasteiger partial charge in [0.15, 0.2) is 5.78 Å². The number of aliphatic hydroxyl groups is 1. The number of allylic oxidation sites excluding steroid dienone is 1. The monoisotopic (exact) mass is 368 g/mol. The van der Waals surface area contributed by atoms with E-state index in [-0.39, 0.29) is 16.4 Å². The van der Waals surface area contributed by atoms with Crippen molar-refractivity contribution in [2.45, 2.75) is 74.5 Å². The van der Waals surface area contributed by atoms with Crippen LogP contribution in [0.1, 0.15) is 58.8 Å². The fraction of sp³-hybridized carbons (Fsp3) is 0.609. The van der Waals surface area contributed by atoms with Crippen LogP contribution in [0.5, 0.6) is 0 Å². The van der Waals surface area contributed by atoms with E-state index in [1.165, 1.54) is 30.6 Å². The van der Waals surface area contributed by atoms with Gasteiger partial charge in [-0.3, -0.25) is 4.79 Å². The topological polar surface area (TPSA) is 37.3 Å². The molecular formula is C23H28O2S. The lowest BCUT2D eigenvalue weighted by Gasteiger charge is -2.65. The third kappa shape index (κ3) is 2.08. The molecule has 26 heavy (non-hydrogen) atoms. The number of carbonyl (C=O) groups excluding carboxylic acids is 1. The van der Waals surface area contributed by atoms with Crippen LogP contribution in [0.15, 0.2) is 46.4 Å². The molecule has 3 fully saturated rings. The van der Waals surface area contributed by atoms with Crippen molar-refractivity contribution < 1.29 is 9.90 Å². The average molecular weight is 369 g/mol. The summed E-state index contributed by atoms with van der Waals surface area (Å²) in [6, 6.07) is 10.5. The van der Waals surface area contributed by atoms with Crippen LogP contribution in [-0.2, 0) is 4.79 Å². The van der Waals surface area contributed by atoms with Crippen LogP contribution in [0.25, 0.3) is 0 Å². The largest absolute Gasteiger partial charge is 0.384 e. The lowest BCUT2D eigenvalue weighted by Crippen LogP contribution is -2.71. The molecule has 5 rings (SSSR count). The van der Waals surface area contributed by atoms with E-state index in [1.807, 2.05) is 24.8 Å². The van der Waals surface area contributed by atoms with Crippen LogP contribution in [0.3, 0.4) is 0 Å².